The molecule has 8 heteroatoms. The lowest BCUT2D eigenvalue weighted by molar-refractivity contribution is 0.849. The van der Waals surface area contributed by atoms with Crippen molar-refractivity contribution in [2.75, 3.05) is 5.84 Å². The maximum absolute atomic E-state index is 6.20. The predicted octanol–water partition coefficient (Wildman–Crippen LogP) is 4.84. The van der Waals surface area contributed by atoms with Gasteiger partial charge in [-0.3, -0.25) is 0 Å². The molecule has 0 saturated carbocycles. The van der Waals surface area contributed by atoms with Crippen molar-refractivity contribution in [3.05, 3.63) is 70.1 Å². The fourth-order valence-electron chi connectivity index (χ4n) is 2.43. The molecule has 0 atom stereocenters. The van der Waals surface area contributed by atoms with Gasteiger partial charge >= 0.3 is 0 Å². The van der Waals surface area contributed by atoms with Crippen molar-refractivity contribution < 1.29 is 0 Å². The van der Waals surface area contributed by atoms with E-state index < -0.39 is 0 Å². The number of nitrogens with two attached hydrogens (primary N) is 1. The van der Waals surface area contributed by atoms with Gasteiger partial charge < -0.3 is 5.84 Å². The van der Waals surface area contributed by atoms with Crippen LogP contribution in [0.5, 0.6) is 0 Å². The van der Waals surface area contributed by atoms with Gasteiger partial charge in [-0.15, -0.1) is 21.5 Å². The van der Waals surface area contributed by atoms with E-state index in [1.165, 1.54) is 16.4 Å². The van der Waals surface area contributed by atoms with Gasteiger partial charge in [-0.25, -0.2) is 9.66 Å². The SMILES string of the molecule is Nn1c(SCc2csc(-c3ccccc3)n2)nnc1-c1ccccc1Br. The molecule has 0 aliphatic carbocycles. The van der Waals surface area contributed by atoms with Crippen molar-refractivity contribution in [3.8, 4) is 22.0 Å². The van der Waals surface area contributed by atoms with Crippen LogP contribution in [0.25, 0.3) is 22.0 Å². The molecule has 0 saturated heterocycles. The van der Waals surface area contributed by atoms with Gasteiger partial charge in [0, 0.05) is 26.7 Å². The molecular formula is C18H14BrN5S2. The van der Waals surface area contributed by atoms with Crippen molar-refractivity contribution in [3.63, 3.8) is 0 Å². The smallest absolute Gasteiger partial charge is 0.210 e. The van der Waals surface area contributed by atoms with Crippen LogP contribution in [0.3, 0.4) is 0 Å². The average Bonchev–Trinajstić information content (AvgIpc) is 3.28. The van der Waals surface area contributed by atoms with Crippen LogP contribution in [0.4, 0.5) is 0 Å². The first-order valence-corrected chi connectivity index (χ1v) is 10.5. The van der Waals surface area contributed by atoms with Crippen LogP contribution in [0.1, 0.15) is 5.69 Å². The number of benzene rings is 2. The second-order valence-corrected chi connectivity index (χ2v) is 8.11. The van der Waals surface area contributed by atoms with Crippen molar-refractivity contribution in [1.82, 2.24) is 19.9 Å². The van der Waals surface area contributed by atoms with E-state index in [1.54, 1.807) is 11.3 Å². The minimum absolute atomic E-state index is 0.628. The van der Waals surface area contributed by atoms with Crippen LogP contribution in [0.15, 0.2) is 69.6 Å². The highest BCUT2D eigenvalue weighted by Gasteiger charge is 2.15. The zero-order valence-corrected chi connectivity index (χ0v) is 16.8. The Kier molecular flexibility index (Phi) is 5.05. The second-order valence-electron chi connectivity index (χ2n) is 5.45. The monoisotopic (exact) mass is 443 g/mol. The lowest BCUT2D eigenvalue weighted by Gasteiger charge is -2.04. The Morgan fingerprint density at radius 2 is 1.81 bits per heavy atom. The molecule has 2 aromatic carbocycles. The van der Waals surface area contributed by atoms with Gasteiger partial charge in [0.2, 0.25) is 5.16 Å². The van der Waals surface area contributed by atoms with Gasteiger partial charge in [-0.2, -0.15) is 0 Å². The summed E-state index contributed by atoms with van der Waals surface area (Å²) in [5.74, 6) is 7.51. The number of halogens is 1. The topological polar surface area (TPSA) is 69.6 Å². The minimum Gasteiger partial charge on any atom is -0.335 e. The van der Waals surface area contributed by atoms with Crippen LogP contribution in [0, 0.1) is 0 Å². The summed E-state index contributed by atoms with van der Waals surface area (Å²) in [5.41, 5.74) is 3.05. The average molecular weight is 444 g/mol. The van der Waals surface area contributed by atoms with E-state index >= 15 is 0 Å². The van der Waals surface area contributed by atoms with Gasteiger partial charge in [-0.1, -0.05) is 70.2 Å². The summed E-state index contributed by atoms with van der Waals surface area (Å²) in [6, 6.07) is 18.0. The zero-order chi connectivity index (χ0) is 17.9. The lowest BCUT2D eigenvalue weighted by Crippen LogP contribution is -2.11. The Bertz CT molecular complexity index is 1030. The van der Waals surface area contributed by atoms with Crippen LogP contribution in [-0.4, -0.2) is 19.9 Å². The summed E-state index contributed by atoms with van der Waals surface area (Å²) in [5, 5.41) is 12.2. The molecule has 26 heavy (non-hydrogen) atoms. The number of nitrogens with zero attached hydrogens (tertiary/aromatic N) is 4. The molecule has 2 N–H and O–H groups in total. The van der Waals surface area contributed by atoms with E-state index in [0.717, 1.165) is 26.3 Å². The molecule has 0 aliphatic heterocycles. The second kappa shape index (κ2) is 7.61. The Balaban J connectivity index is 1.50. The summed E-state index contributed by atoms with van der Waals surface area (Å²) >= 11 is 6.69. The summed E-state index contributed by atoms with van der Waals surface area (Å²) < 4.78 is 2.46. The van der Waals surface area contributed by atoms with Crippen LogP contribution < -0.4 is 5.84 Å². The number of thioether (sulfide) groups is 1. The Labute approximate surface area is 167 Å². The molecule has 4 aromatic rings. The van der Waals surface area contributed by atoms with E-state index in [-0.39, 0.29) is 0 Å². The number of rotatable bonds is 5. The highest BCUT2D eigenvalue weighted by atomic mass is 79.9. The number of hydrogen-bond donors (Lipinski definition) is 1. The quantitative estimate of drug-likeness (QED) is 0.353. The molecule has 0 unspecified atom stereocenters. The number of hydrogen-bond acceptors (Lipinski definition) is 6. The molecule has 0 fully saturated rings. The molecule has 2 aromatic heterocycles. The number of aromatic nitrogens is 4. The highest BCUT2D eigenvalue weighted by Crippen LogP contribution is 2.30. The van der Waals surface area contributed by atoms with Crippen LogP contribution in [0.2, 0.25) is 0 Å². The third kappa shape index (κ3) is 3.53. The number of nitrogen functional groups attached to an aromatic ring is 1. The first-order chi connectivity index (χ1) is 12.7. The van der Waals surface area contributed by atoms with E-state index in [2.05, 4.69) is 43.6 Å². The summed E-state index contributed by atoms with van der Waals surface area (Å²) in [6.45, 7) is 0. The maximum Gasteiger partial charge on any atom is 0.210 e. The summed E-state index contributed by atoms with van der Waals surface area (Å²) in [7, 11) is 0. The normalized spacial score (nSPS) is 11.0. The third-order valence-corrected chi connectivity index (χ3v) is 6.31. The lowest BCUT2D eigenvalue weighted by atomic mass is 10.2. The maximum atomic E-state index is 6.20. The molecule has 2 heterocycles. The Hall–Kier alpha value is -2.16. The minimum atomic E-state index is 0.628. The van der Waals surface area contributed by atoms with Gasteiger partial charge in [0.15, 0.2) is 5.82 Å². The van der Waals surface area contributed by atoms with Gasteiger partial charge in [-0.05, 0) is 12.1 Å². The first kappa shape index (κ1) is 17.3. The van der Waals surface area contributed by atoms with Crippen molar-refractivity contribution >= 4 is 39.0 Å². The fraction of sp³-hybridized carbons (Fsp3) is 0.0556. The Morgan fingerprint density at radius 1 is 1.04 bits per heavy atom. The van der Waals surface area contributed by atoms with E-state index in [9.17, 15) is 0 Å². The molecule has 0 aliphatic rings. The van der Waals surface area contributed by atoms with E-state index in [0.29, 0.717) is 16.7 Å². The predicted molar refractivity (Wildman–Crippen MR) is 110 cm³/mol. The summed E-state index contributed by atoms with van der Waals surface area (Å²) in [4.78, 5) is 4.70. The van der Waals surface area contributed by atoms with Crippen LogP contribution >= 0.6 is 39.0 Å². The first-order valence-electron chi connectivity index (χ1n) is 7.80. The molecule has 5 nitrogen and oxygen atoms in total. The van der Waals surface area contributed by atoms with Crippen molar-refractivity contribution in [1.29, 1.82) is 0 Å². The Morgan fingerprint density at radius 3 is 2.62 bits per heavy atom. The zero-order valence-electron chi connectivity index (χ0n) is 13.5. The molecule has 0 radical (unpaired) electrons. The van der Waals surface area contributed by atoms with E-state index in [4.69, 9.17) is 10.8 Å². The van der Waals surface area contributed by atoms with Gasteiger partial charge in [0.25, 0.3) is 0 Å². The summed E-state index contributed by atoms with van der Waals surface area (Å²) in [6.07, 6.45) is 0. The van der Waals surface area contributed by atoms with Crippen LogP contribution in [-0.2, 0) is 5.75 Å². The van der Waals surface area contributed by atoms with Crippen molar-refractivity contribution in [2.45, 2.75) is 10.9 Å². The largest absolute Gasteiger partial charge is 0.335 e. The number of thiazole rings is 1. The molecule has 0 spiro atoms. The third-order valence-electron chi connectivity index (χ3n) is 3.70. The standard InChI is InChI=1S/C18H14BrN5S2/c19-15-9-5-4-8-14(15)16-22-23-18(24(16)20)26-11-13-10-25-17(21-13)12-6-2-1-3-7-12/h1-10H,11,20H2. The molecule has 0 bridgehead atoms. The van der Waals surface area contributed by atoms with Crippen molar-refractivity contribution in [2.24, 2.45) is 0 Å². The molecule has 4 rings (SSSR count). The fourth-order valence-corrected chi connectivity index (χ4v) is 4.57. The molecule has 130 valence electrons. The van der Waals surface area contributed by atoms with E-state index in [1.807, 2.05) is 42.5 Å². The molecule has 0 amide bonds. The molecular weight excluding hydrogens is 430 g/mol. The van der Waals surface area contributed by atoms with Gasteiger partial charge in [0.1, 0.15) is 5.01 Å². The van der Waals surface area contributed by atoms with Gasteiger partial charge in [0.05, 0.1) is 5.69 Å². The highest BCUT2D eigenvalue weighted by molar-refractivity contribution is 9.10.